The molecule has 2 aliphatic rings. The van der Waals surface area contributed by atoms with Crippen LogP contribution in [0.5, 0.6) is 5.75 Å². The molecule has 17 heteroatoms. The number of carbonyl (C=O) groups excluding carboxylic acids is 5. The maximum atomic E-state index is 13.3. The number of unbranched alkanes of at least 4 members (excludes halogenated alkanes) is 5. The van der Waals surface area contributed by atoms with Crippen LogP contribution in [0, 0.1) is 6.92 Å². The minimum absolute atomic E-state index is 0.0723. The number of nitrogens with one attached hydrogen (secondary N) is 4. The number of para-hydroxylation sites is 1. The average molecular weight is 885 g/mol. The van der Waals surface area contributed by atoms with Gasteiger partial charge in [0, 0.05) is 44.0 Å². The number of likely N-dealkylation sites (N-methyl/N-ethyl adjacent to an activating group) is 1. The maximum Gasteiger partial charge on any atom is 0.264 e. The molecule has 4 aromatic rings. The van der Waals surface area contributed by atoms with Gasteiger partial charge in [-0.25, -0.2) is 4.98 Å². The maximum absolute atomic E-state index is 13.3. The molecule has 1 unspecified atom stereocenters. The first-order valence-corrected chi connectivity index (χ1v) is 23.8. The van der Waals surface area contributed by atoms with E-state index in [0.717, 1.165) is 54.6 Å². The summed E-state index contributed by atoms with van der Waals surface area (Å²) in [6.45, 7) is 6.60. The monoisotopic (exact) mass is 884 g/mol. The quantitative estimate of drug-likeness (QED) is 0.0391. The topological polar surface area (TPSA) is 192 Å². The Kier molecular flexibility index (Phi) is 15.0. The van der Waals surface area contributed by atoms with Crippen molar-refractivity contribution in [2.45, 2.75) is 77.2 Å². The Morgan fingerprint density at radius 1 is 0.952 bits per heavy atom. The fraction of sp³-hybridized carbons (Fsp3) is 0.400. The number of fused-ring (bicyclic) bond motifs is 1. The van der Waals surface area contributed by atoms with Crippen molar-refractivity contribution in [3.05, 3.63) is 88.1 Å². The number of hydrogen-bond acceptors (Lipinski definition) is 12. The fourth-order valence-corrected chi connectivity index (χ4v) is 8.97. The molecule has 15 nitrogen and oxygen atoms in total. The molecule has 0 radical (unpaired) electrons. The summed E-state index contributed by atoms with van der Waals surface area (Å²) in [5.74, 6) is -0.726. The third-order valence-electron chi connectivity index (χ3n) is 11.1. The van der Waals surface area contributed by atoms with Crippen LogP contribution in [-0.4, -0.2) is 95.9 Å². The molecule has 1 atom stereocenters. The zero-order valence-corrected chi connectivity index (χ0v) is 37.5. The molecule has 1 saturated heterocycles. The summed E-state index contributed by atoms with van der Waals surface area (Å²) in [5, 5.41) is 13.0. The number of aryl methyl sites for hydroxylation is 1. The van der Waals surface area contributed by atoms with E-state index in [0.29, 0.717) is 70.8 Å². The predicted molar refractivity (Wildman–Crippen MR) is 242 cm³/mol. The number of amides is 5. The van der Waals surface area contributed by atoms with E-state index in [1.807, 2.05) is 50.4 Å². The molecule has 1 aromatic heterocycles. The number of piperidine rings is 1. The molecule has 62 heavy (non-hydrogen) atoms. The second kappa shape index (κ2) is 20.4. The number of ether oxygens (including phenoxy) is 1. The number of rotatable bonds is 20. The number of nitrogens with zero attached hydrogens (tertiary/aromatic N) is 4. The third kappa shape index (κ3) is 11.0. The summed E-state index contributed by atoms with van der Waals surface area (Å²) >= 11 is 6.46. The molecule has 1 fully saturated rings. The van der Waals surface area contributed by atoms with Crippen LogP contribution in [0.15, 0.2) is 60.8 Å². The van der Waals surface area contributed by atoms with E-state index in [2.05, 4.69) is 31.2 Å². The van der Waals surface area contributed by atoms with Crippen molar-refractivity contribution in [1.29, 1.82) is 0 Å². The highest BCUT2D eigenvalue weighted by Gasteiger charge is 2.45. The Balaban J connectivity index is 0.903. The van der Waals surface area contributed by atoms with Crippen molar-refractivity contribution in [2.75, 3.05) is 56.5 Å². The van der Waals surface area contributed by atoms with Gasteiger partial charge in [0.05, 0.1) is 35.8 Å². The van der Waals surface area contributed by atoms with Crippen molar-refractivity contribution in [3.63, 3.8) is 0 Å². The van der Waals surface area contributed by atoms with E-state index >= 15 is 0 Å². The van der Waals surface area contributed by atoms with Crippen molar-refractivity contribution in [2.24, 2.45) is 0 Å². The van der Waals surface area contributed by atoms with Crippen molar-refractivity contribution < 1.29 is 33.3 Å². The van der Waals surface area contributed by atoms with Gasteiger partial charge in [0.15, 0.2) is 5.82 Å². The molecule has 5 amide bonds. The molecule has 0 aliphatic carbocycles. The van der Waals surface area contributed by atoms with Crippen LogP contribution in [0.3, 0.4) is 0 Å². The lowest BCUT2D eigenvalue weighted by molar-refractivity contribution is -0.136. The summed E-state index contributed by atoms with van der Waals surface area (Å²) in [4.78, 5) is 75.1. The third-order valence-corrected chi connectivity index (χ3v) is 13.0. The average Bonchev–Trinajstić information content (AvgIpc) is 3.49. The summed E-state index contributed by atoms with van der Waals surface area (Å²) in [5.41, 5.74) is 4.46. The Bertz CT molecular complexity index is 2410. The van der Waals surface area contributed by atoms with Crippen LogP contribution in [0.4, 0.5) is 28.8 Å². The van der Waals surface area contributed by atoms with Crippen LogP contribution >= 0.6 is 18.7 Å². The van der Waals surface area contributed by atoms with Crippen molar-refractivity contribution >= 4 is 82.4 Å². The van der Waals surface area contributed by atoms with Crippen LogP contribution in [0.1, 0.15) is 89.6 Å². The van der Waals surface area contributed by atoms with E-state index in [1.165, 1.54) is 6.20 Å². The lowest BCUT2D eigenvalue weighted by atomic mass is 10.0. The molecule has 0 bridgehead atoms. The van der Waals surface area contributed by atoms with Gasteiger partial charge in [0.25, 0.3) is 11.8 Å². The number of anilines is 5. The van der Waals surface area contributed by atoms with Crippen LogP contribution in [-0.2, 0) is 25.4 Å². The van der Waals surface area contributed by atoms with Crippen LogP contribution in [0.25, 0.3) is 0 Å². The van der Waals surface area contributed by atoms with Crippen molar-refractivity contribution in [1.82, 2.24) is 25.1 Å². The molecule has 3 aromatic carbocycles. The first-order valence-electron chi connectivity index (χ1n) is 20.9. The highest BCUT2D eigenvalue weighted by molar-refractivity contribution is 7.70. The van der Waals surface area contributed by atoms with Gasteiger partial charge in [-0.15, -0.1) is 0 Å². The predicted octanol–water partition coefficient (Wildman–Crippen LogP) is 7.43. The summed E-state index contributed by atoms with van der Waals surface area (Å²) in [6.07, 6.45) is 8.38. The molecule has 0 spiro atoms. The first kappa shape index (κ1) is 45.7. The Hall–Kier alpha value is -5.79. The van der Waals surface area contributed by atoms with Gasteiger partial charge < -0.3 is 30.2 Å². The second-order valence-electron chi connectivity index (χ2n) is 16.0. The van der Waals surface area contributed by atoms with E-state index in [1.54, 1.807) is 43.5 Å². The van der Waals surface area contributed by atoms with Crippen molar-refractivity contribution in [3.8, 4) is 5.75 Å². The molecule has 328 valence electrons. The normalized spacial score (nSPS) is 15.0. The number of halogens is 1. The zero-order valence-electron chi connectivity index (χ0n) is 35.8. The largest absolute Gasteiger partial charge is 0.495 e. The number of benzene rings is 3. The number of imide groups is 2. The highest BCUT2D eigenvalue weighted by atomic mass is 35.5. The van der Waals surface area contributed by atoms with E-state index in [-0.39, 0.29) is 29.9 Å². The molecule has 3 heterocycles. The summed E-state index contributed by atoms with van der Waals surface area (Å²) < 4.78 is 18.6. The van der Waals surface area contributed by atoms with Gasteiger partial charge in [0.1, 0.15) is 24.0 Å². The first-order chi connectivity index (χ1) is 29.7. The minimum Gasteiger partial charge on any atom is -0.495 e. The molecular formula is C45H54ClN8O7P. The van der Waals surface area contributed by atoms with E-state index < -0.39 is 36.8 Å². The number of hydrogen-bond donors (Lipinski definition) is 4. The molecule has 4 N–H and O–H groups in total. The van der Waals surface area contributed by atoms with Gasteiger partial charge in [-0.2, -0.15) is 4.98 Å². The zero-order chi connectivity index (χ0) is 44.6. The lowest BCUT2D eigenvalue weighted by Crippen LogP contribution is -2.54. The fourth-order valence-electron chi connectivity index (χ4n) is 7.68. The summed E-state index contributed by atoms with van der Waals surface area (Å²) in [7, 11) is 0.854. The Morgan fingerprint density at radius 2 is 1.68 bits per heavy atom. The van der Waals surface area contributed by atoms with E-state index in [9.17, 15) is 28.5 Å². The lowest BCUT2D eigenvalue weighted by Gasteiger charge is -2.27. The number of aromatic nitrogens is 2. The molecule has 6 rings (SSSR count). The number of carbonyl (C=O) groups is 5. The highest BCUT2D eigenvalue weighted by Crippen LogP contribution is 2.39. The number of methoxy groups -OCH3 is 1. The van der Waals surface area contributed by atoms with Crippen LogP contribution in [0.2, 0.25) is 5.02 Å². The second-order valence-corrected chi connectivity index (χ2v) is 19.6. The van der Waals surface area contributed by atoms with Gasteiger partial charge in [-0.05, 0) is 93.5 Å². The summed E-state index contributed by atoms with van der Waals surface area (Å²) in [6, 6.07) is 15.3. The van der Waals surface area contributed by atoms with E-state index in [4.69, 9.17) is 16.3 Å². The molecule has 0 saturated carbocycles. The molecular weight excluding hydrogens is 831 g/mol. The minimum atomic E-state index is -2.57. The molecule has 2 aliphatic heterocycles. The Morgan fingerprint density at radius 3 is 2.42 bits per heavy atom. The smallest absolute Gasteiger partial charge is 0.264 e. The van der Waals surface area contributed by atoms with Gasteiger partial charge in [-0.3, -0.25) is 34.2 Å². The standard InChI is InChI=1S/C45H54ClN8O7P/c1-28-25-34(50-45-48-27-31(46)41(52-45)49-32-16-11-12-18-37(32)62(4,5)60)36(61-3)26-29(28)22-24-53(2)39(56)19-10-8-6-7-9-13-23-47-33-17-14-15-30-40(33)44(59)54(43(30)58)35-20-21-38(55)51-42(35)57/h11-12,14-18,25-27,35,47H,6-10,13,19-24H2,1-5H3,(H,51,55,57)(H2,48,49,50,52). The van der Waals surface area contributed by atoms with Gasteiger partial charge >= 0.3 is 0 Å². The van der Waals surface area contributed by atoms with Gasteiger partial charge in [0.2, 0.25) is 23.7 Å². The van der Waals surface area contributed by atoms with Gasteiger partial charge in [-0.1, -0.05) is 55.5 Å². The SMILES string of the molecule is COc1cc(CCN(C)C(=O)CCCCCCCCNc2cccc3c2C(=O)N(C2CCC(=O)NC2=O)C3=O)c(C)cc1Nc1ncc(Cl)c(Nc2ccccc2P(C)(C)=O)n1. The Labute approximate surface area is 367 Å². The van der Waals surface area contributed by atoms with Crippen LogP contribution < -0.4 is 31.3 Å².